The van der Waals surface area contributed by atoms with Crippen molar-refractivity contribution >= 4 is 16.8 Å². The average molecular weight is 184 g/mol. The molecule has 0 aliphatic rings. The van der Waals surface area contributed by atoms with Crippen LogP contribution in [0.1, 0.15) is 18.0 Å². The number of hydrogen-bond donors (Lipinski definition) is 1. The van der Waals surface area contributed by atoms with Crippen molar-refractivity contribution in [2.45, 2.75) is 12.5 Å². The van der Waals surface area contributed by atoms with Crippen molar-refractivity contribution in [2.24, 2.45) is 5.73 Å². The summed E-state index contributed by atoms with van der Waals surface area (Å²) in [5.41, 5.74) is 6.63. The molecule has 1 rings (SSSR count). The van der Waals surface area contributed by atoms with Crippen molar-refractivity contribution in [3.63, 3.8) is 0 Å². The summed E-state index contributed by atoms with van der Waals surface area (Å²) in [5.74, 6) is 0. The van der Waals surface area contributed by atoms with Crippen molar-refractivity contribution in [1.29, 1.82) is 0 Å². The average Bonchev–Trinajstić information content (AvgIpc) is 2.05. The van der Waals surface area contributed by atoms with E-state index in [1.165, 1.54) is 0 Å². The number of benzene rings is 1. The second-order valence-electron chi connectivity index (χ2n) is 2.58. The molecule has 0 aliphatic heterocycles. The van der Waals surface area contributed by atoms with Crippen LogP contribution in [0.15, 0.2) is 30.3 Å². The van der Waals surface area contributed by atoms with Gasteiger partial charge in [0, 0.05) is 12.5 Å². The molecule has 2 N–H and O–H groups in total. The summed E-state index contributed by atoms with van der Waals surface area (Å²) in [4.78, 5) is 10.5. The zero-order valence-electron chi connectivity index (χ0n) is 6.53. The fourth-order valence-corrected chi connectivity index (χ4v) is 1.16. The molecule has 1 aromatic rings. The van der Waals surface area contributed by atoms with E-state index in [0.29, 0.717) is 0 Å². The Hall–Kier alpha value is -0.860. The van der Waals surface area contributed by atoms with Gasteiger partial charge >= 0.3 is 0 Å². The third-order valence-corrected chi connectivity index (χ3v) is 1.76. The highest BCUT2D eigenvalue weighted by Gasteiger charge is 2.08. The van der Waals surface area contributed by atoms with Crippen LogP contribution >= 0.6 is 11.6 Å². The summed E-state index contributed by atoms with van der Waals surface area (Å²) in [6.45, 7) is 0. The molecule has 0 saturated carbocycles. The SMILES string of the molecule is N[C@H](CC(=O)Cl)c1ccccc1. The van der Waals surface area contributed by atoms with Crippen LogP contribution in [0.4, 0.5) is 0 Å². The molecule has 0 radical (unpaired) electrons. The zero-order chi connectivity index (χ0) is 8.97. The molecule has 0 amide bonds. The Morgan fingerprint density at radius 1 is 1.42 bits per heavy atom. The van der Waals surface area contributed by atoms with Gasteiger partial charge in [-0.15, -0.1) is 0 Å². The summed E-state index contributed by atoms with van der Waals surface area (Å²) in [6, 6.07) is 9.14. The molecule has 0 unspecified atom stereocenters. The molecule has 1 aromatic carbocycles. The van der Waals surface area contributed by atoms with Crippen LogP contribution in [0.5, 0.6) is 0 Å². The molecule has 1 atom stereocenters. The van der Waals surface area contributed by atoms with Crippen LogP contribution in [-0.4, -0.2) is 5.24 Å². The number of carbonyl (C=O) groups is 1. The highest BCUT2D eigenvalue weighted by Crippen LogP contribution is 2.13. The van der Waals surface area contributed by atoms with Crippen LogP contribution in [0.2, 0.25) is 0 Å². The lowest BCUT2D eigenvalue weighted by Gasteiger charge is -2.07. The van der Waals surface area contributed by atoms with Crippen LogP contribution in [0.3, 0.4) is 0 Å². The van der Waals surface area contributed by atoms with Gasteiger partial charge < -0.3 is 5.73 Å². The predicted molar refractivity (Wildman–Crippen MR) is 48.8 cm³/mol. The fraction of sp³-hybridized carbons (Fsp3) is 0.222. The second-order valence-corrected chi connectivity index (χ2v) is 3.00. The van der Waals surface area contributed by atoms with E-state index in [0.717, 1.165) is 5.56 Å². The summed E-state index contributed by atoms with van der Waals surface area (Å²) in [5, 5.41) is -0.397. The van der Waals surface area contributed by atoms with Crippen molar-refractivity contribution in [3.05, 3.63) is 35.9 Å². The Kier molecular flexibility index (Phi) is 3.26. The van der Waals surface area contributed by atoms with E-state index < -0.39 is 5.24 Å². The van der Waals surface area contributed by atoms with E-state index in [4.69, 9.17) is 17.3 Å². The maximum absolute atomic E-state index is 10.5. The van der Waals surface area contributed by atoms with Gasteiger partial charge in [0.2, 0.25) is 5.24 Å². The largest absolute Gasteiger partial charge is 0.324 e. The molecular formula is C9H10ClNO. The quantitative estimate of drug-likeness (QED) is 0.727. The molecule has 0 spiro atoms. The Balaban J connectivity index is 2.65. The van der Waals surface area contributed by atoms with Gasteiger partial charge in [-0.1, -0.05) is 30.3 Å². The first-order valence-corrected chi connectivity index (χ1v) is 4.07. The first kappa shape index (κ1) is 9.23. The van der Waals surface area contributed by atoms with E-state index in [-0.39, 0.29) is 12.5 Å². The van der Waals surface area contributed by atoms with E-state index in [9.17, 15) is 4.79 Å². The minimum absolute atomic E-state index is 0.186. The van der Waals surface area contributed by atoms with Crippen LogP contribution in [0.25, 0.3) is 0 Å². The van der Waals surface area contributed by atoms with E-state index in [1.807, 2.05) is 30.3 Å². The van der Waals surface area contributed by atoms with Gasteiger partial charge in [0.25, 0.3) is 0 Å². The van der Waals surface area contributed by atoms with Gasteiger partial charge in [0.05, 0.1) is 0 Å². The van der Waals surface area contributed by atoms with Gasteiger partial charge in [0.15, 0.2) is 0 Å². The Labute approximate surface area is 76.3 Å². The lowest BCUT2D eigenvalue weighted by atomic mass is 10.1. The number of nitrogens with two attached hydrogens (primary N) is 1. The molecule has 64 valence electrons. The first-order valence-electron chi connectivity index (χ1n) is 3.69. The monoisotopic (exact) mass is 183 g/mol. The topological polar surface area (TPSA) is 43.1 Å². The molecule has 0 bridgehead atoms. The van der Waals surface area contributed by atoms with Crippen molar-refractivity contribution in [2.75, 3.05) is 0 Å². The summed E-state index contributed by atoms with van der Waals surface area (Å²) in [6.07, 6.45) is 0.186. The molecule has 0 saturated heterocycles. The molecule has 0 fully saturated rings. The number of rotatable bonds is 3. The third-order valence-electron chi connectivity index (χ3n) is 1.61. The van der Waals surface area contributed by atoms with Gasteiger partial charge in [-0.2, -0.15) is 0 Å². The van der Waals surface area contributed by atoms with Crippen molar-refractivity contribution < 1.29 is 4.79 Å². The molecule has 0 aromatic heterocycles. The summed E-state index contributed by atoms with van der Waals surface area (Å²) >= 11 is 5.20. The molecule has 3 heteroatoms. The Bertz CT molecular complexity index is 260. The Morgan fingerprint density at radius 2 is 2.00 bits per heavy atom. The number of carbonyl (C=O) groups excluding carboxylic acids is 1. The molecule has 0 heterocycles. The Morgan fingerprint density at radius 3 is 2.50 bits per heavy atom. The first-order chi connectivity index (χ1) is 5.70. The smallest absolute Gasteiger partial charge is 0.223 e. The molecule has 0 aliphatic carbocycles. The van der Waals surface area contributed by atoms with Crippen molar-refractivity contribution in [1.82, 2.24) is 0 Å². The minimum atomic E-state index is -0.397. The fourth-order valence-electron chi connectivity index (χ4n) is 0.991. The number of hydrogen-bond acceptors (Lipinski definition) is 2. The lowest BCUT2D eigenvalue weighted by Crippen LogP contribution is -2.12. The maximum Gasteiger partial charge on any atom is 0.223 e. The molecular weight excluding hydrogens is 174 g/mol. The highest BCUT2D eigenvalue weighted by atomic mass is 35.5. The maximum atomic E-state index is 10.5. The van der Waals surface area contributed by atoms with Crippen LogP contribution < -0.4 is 5.73 Å². The lowest BCUT2D eigenvalue weighted by molar-refractivity contribution is -0.112. The number of halogens is 1. The standard InChI is InChI=1S/C9H10ClNO/c10-9(12)6-8(11)7-4-2-1-3-5-7/h1-5,8H,6,11H2/t8-/m1/s1. The predicted octanol–water partition coefficient (Wildman–Crippen LogP) is 1.84. The van der Waals surface area contributed by atoms with Crippen LogP contribution in [0, 0.1) is 0 Å². The van der Waals surface area contributed by atoms with Crippen molar-refractivity contribution in [3.8, 4) is 0 Å². The minimum Gasteiger partial charge on any atom is -0.324 e. The summed E-state index contributed by atoms with van der Waals surface area (Å²) in [7, 11) is 0. The summed E-state index contributed by atoms with van der Waals surface area (Å²) < 4.78 is 0. The zero-order valence-corrected chi connectivity index (χ0v) is 7.29. The van der Waals surface area contributed by atoms with Gasteiger partial charge in [-0.3, -0.25) is 4.79 Å². The van der Waals surface area contributed by atoms with Gasteiger partial charge in [0.1, 0.15) is 0 Å². The third kappa shape index (κ3) is 2.64. The van der Waals surface area contributed by atoms with E-state index >= 15 is 0 Å². The van der Waals surface area contributed by atoms with E-state index in [1.54, 1.807) is 0 Å². The molecule has 12 heavy (non-hydrogen) atoms. The van der Waals surface area contributed by atoms with Crippen LogP contribution in [-0.2, 0) is 4.79 Å². The second kappa shape index (κ2) is 4.24. The molecule has 2 nitrogen and oxygen atoms in total. The van der Waals surface area contributed by atoms with E-state index in [2.05, 4.69) is 0 Å². The normalized spacial score (nSPS) is 12.5. The van der Waals surface area contributed by atoms with Gasteiger partial charge in [-0.25, -0.2) is 0 Å². The van der Waals surface area contributed by atoms with Gasteiger partial charge in [-0.05, 0) is 17.2 Å². The highest BCUT2D eigenvalue weighted by molar-refractivity contribution is 6.63.